The number of hydrogen-bond donors (Lipinski definition) is 1. The lowest BCUT2D eigenvalue weighted by Crippen LogP contribution is -2.49. The Balaban J connectivity index is 1.54. The van der Waals surface area contributed by atoms with Crippen LogP contribution in [0.2, 0.25) is 0 Å². The van der Waals surface area contributed by atoms with Crippen LogP contribution in [-0.4, -0.2) is 64.7 Å². The lowest BCUT2D eigenvalue weighted by atomic mass is 10.2. The van der Waals surface area contributed by atoms with Crippen LogP contribution in [-0.2, 0) is 16.1 Å². The van der Waals surface area contributed by atoms with E-state index in [0.29, 0.717) is 30.0 Å². The first kappa shape index (κ1) is 18.5. The van der Waals surface area contributed by atoms with Gasteiger partial charge >= 0.3 is 0 Å². The number of benzene rings is 1. The van der Waals surface area contributed by atoms with Gasteiger partial charge in [0.15, 0.2) is 0 Å². The number of aromatic nitrogens is 3. The summed E-state index contributed by atoms with van der Waals surface area (Å²) in [6.45, 7) is 8.06. The molecule has 1 saturated heterocycles. The van der Waals surface area contributed by atoms with E-state index in [1.54, 1.807) is 24.3 Å². The standard InChI is InChI=1S/C18H25N5O3/c1-13(2)10-22-7-8-26-14(11-22)9-19-17(24)12-23-18(25)15-5-3-4-6-16(15)20-21-23/h3-6,13-14H,7-12H2,1-2H3,(H,19,24). The molecule has 1 atom stereocenters. The van der Waals surface area contributed by atoms with E-state index < -0.39 is 0 Å². The maximum Gasteiger partial charge on any atom is 0.278 e. The molecule has 0 radical (unpaired) electrons. The van der Waals surface area contributed by atoms with Crippen molar-refractivity contribution in [3.8, 4) is 0 Å². The maximum atomic E-state index is 12.4. The van der Waals surface area contributed by atoms with Crippen LogP contribution in [0.25, 0.3) is 10.9 Å². The van der Waals surface area contributed by atoms with Crippen molar-refractivity contribution in [3.05, 3.63) is 34.6 Å². The van der Waals surface area contributed by atoms with Crippen LogP contribution in [0.4, 0.5) is 0 Å². The van der Waals surface area contributed by atoms with E-state index in [9.17, 15) is 9.59 Å². The molecule has 1 aromatic heterocycles. The number of hydrogen-bond acceptors (Lipinski definition) is 6. The summed E-state index contributed by atoms with van der Waals surface area (Å²) in [5.74, 6) is 0.322. The quantitative estimate of drug-likeness (QED) is 0.796. The van der Waals surface area contributed by atoms with Gasteiger partial charge in [-0.05, 0) is 18.1 Å². The molecule has 0 saturated carbocycles. The molecule has 1 amide bonds. The lowest BCUT2D eigenvalue weighted by Gasteiger charge is -2.33. The zero-order chi connectivity index (χ0) is 18.5. The number of nitrogens with one attached hydrogen (secondary N) is 1. The summed E-state index contributed by atoms with van der Waals surface area (Å²) in [5.41, 5.74) is 0.206. The average molecular weight is 359 g/mol. The van der Waals surface area contributed by atoms with Gasteiger partial charge in [-0.1, -0.05) is 31.2 Å². The highest BCUT2D eigenvalue weighted by atomic mass is 16.5. The third-order valence-electron chi connectivity index (χ3n) is 4.30. The van der Waals surface area contributed by atoms with Crippen LogP contribution >= 0.6 is 0 Å². The number of carbonyl (C=O) groups is 1. The Hall–Kier alpha value is -2.32. The molecule has 1 aromatic carbocycles. The first-order valence-corrected chi connectivity index (χ1v) is 8.96. The number of carbonyl (C=O) groups excluding carboxylic acids is 1. The van der Waals surface area contributed by atoms with Crippen molar-refractivity contribution in [2.45, 2.75) is 26.5 Å². The van der Waals surface area contributed by atoms with Crippen molar-refractivity contribution in [1.82, 2.24) is 25.2 Å². The minimum atomic E-state index is -0.317. The van der Waals surface area contributed by atoms with Crippen LogP contribution in [0, 0.1) is 5.92 Å². The maximum absolute atomic E-state index is 12.4. The van der Waals surface area contributed by atoms with Crippen LogP contribution in [0.5, 0.6) is 0 Å². The van der Waals surface area contributed by atoms with Crippen LogP contribution in [0.3, 0.4) is 0 Å². The van der Waals surface area contributed by atoms with Crippen molar-refractivity contribution in [3.63, 3.8) is 0 Å². The van der Waals surface area contributed by atoms with E-state index in [1.807, 2.05) is 0 Å². The fourth-order valence-electron chi connectivity index (χ4n) is 3.13. The fraction of sp³-hybridized carbons (Fsp3) is 0.556. The Morgan fingerprint density at radius 3 is 3.00 bits per heavy atom. The van der Waals surface area contributed by atoms with Crippen molar-refractivity contribution in [2.75, 3.05) is 32.8 Å². The first-order chi connectivity index (χ1) is 12.5. The predicted molar refractivity (Wildman–Crippen MR) is 97.8 cm³/mol. The Morgan fingerprint density at radius 1 is 1.38 bits per heavy atom. The van der Waals surface area contributed by atoms with Gasteiger partial charge in [-0.15, -0.1) is 5.10 Å². The zero-order valence-electron chi connectivity index (χ0n) is 15.2. The second kappa shape index (κ2) is 8.37. The normalized spacial score (nSPS) is 18.3. The summed E-state index contributed by atoms with van der Waals surface area (Å²) in [6, 6.07) is 6.96. The predicted octanol–water partition coefficient (Wildman–Crippen LogP) is 0.265. The minimum Gasteiger partial charge on any atom is -0.374 e. The number of amides is 1. The highest BCUT2D eigenvalue weighted by Crippen LogP contribution is 2.07. The molecule has 3 rings (SSSR count). The number of rotatable bonds is 6. The molecule has 2 aromatic rings. The molecule has 0 bridgehead atoms. The molecular formula is C18H25N5O3. The van der Waals surface area contributed by atoms with Crippen LogP contribution < -0.4 is 10.9 Å². The van der Waals surface area contributed by atoms with E-state index in [2.05, 4.69) is 34.4 Å². The molecule has 1 N–H and O–H groups in total. The summed E-state index contributed by atoms with van der Waals surface area (Å²) < 4.78 is 6.81. The van der Waals surface area contributed by atoms with Gasteiger partial charge in [0, 0.05) is 26.2 Å². The highest BCUT2D eigenvalue weighted by Gasteiger charge is 2.21. The smallest absolute Gasteiger partial charge is 0.278 e. The topological polar surface area (TPSA) is 89.3 Å². The van der Waals surface area contributed by atoms with Crippen molar-refractivity contribution in [2.24, 2.45) is 5.92 Å². The zero-order valence-corrected chi connectivity index (χ0v) is 15.2. The van der Waals surface area contributed by atoms with Crippen molar-refractivity contribution >= 4 is 16.8 Å². The van der Waals surface area contributed by atoms with Crippen molar-refractivity contribution in [1.29, 1.82) is 0 Å². The average Bonchev–Trinajstić information content (AvgIpc) is 2.62. The van der Waals surface area contributed by atoms with Gasteiger partial charge in [0.2, 0.25) is 5.91 Å². The minimum absolute atomic E-state index is 0.0362. The van der Waals surface area contributed by atoms with E-state index in [0.717, 1.165) is 24.3 Å². The van der Waals surface area contributed by atoms with Crippen LogP contribution in [0.1, 0.15) is 13.8 Å². The Kier molecular flexibility index (Phi) is 5.95. The molecule has 26 heavy (non-hydrogen) atoms. The van der Waals surface area contributed by atoms with Gasteiger partial charge in [-0.3, -0.25) is 14.5 Å². The van der Waals surface area contributed by atoms with Gasteiger partial charge in [0.25, 0.3) is 5.56 Å². The third-order valence-corrected chi connectivity index (χ3v) is 4.30. The molecule has 1 aliphatic rings. The summed E-state index contributed by atoms with van der Waals surface area (Å²) in [7, 11) is 0. The molecule has 0 aliphatic carbocycles. The SMILES string of the molecule is CC(C)CN1CCOC(CNC(=O)Cn2nnc3ccccc3c2=O)C1. The number of fused-ring (bicyclic) bond motifs is 1. The highest BCUT2D eigenvalue weighted by molar-refractivity contribution is 5.78. The molecule has 1 aliphatic heterocycles. The van der Waals surface area contributed by atoms with Crippen molar-refractivity contribution < 1.29 is 9.53 Å². The molecule has 1 fully saturated rings. The Morgan fingerprint density at radius 2 is 2.19 bits per heavy atom. The van der Waals surface area contributed by atoms with Gasteiger partial charge in [-0.2, -0.15) is 0 Å². The third kappa shape index (κ3) is 4.64. The number of ether oxygens (including phenoxy) is 1. The van der Waals surface area contributed by atoms with E-state index >= 15 is 0 Å². The van der Waals surface area contributed by atoms with Gasteiger partial charge in [0.1, 0.15) is 12.1 Å². The second-order valence-corrected chi connectivity index (χ2v) is 7.02. The molecule has 1 unspecified atom stereocenters. The monoisotopic (exact) mass is 359 g/mol. The van der Waals surface area contributed by atoms with Gasteiger partial charge in [-0.25, -0.2) is 4.68 Å². The summed E-state index contributed by atoms with van der Waals surface area (Å²) in [4.78, 5) is 26.9. The van der Waals surface area contributed by atoms with E-state index in [-0.39, 0.29) is 24.1 Å². The van der Waals surface area contributed by atoms with E-state index in [4.69, 9.17) is 4.74 Å². The fourth-order valence-corrected chi connectivity index (χ4v) is 3.13. The van der Waals surface area contributed by atoms with Crippen LogP contribution in [0.15, 0.2) is 29.1 Å². The van der Waals surface area contributed by atoms with Gasteiger partial charge < -0.3 is 10.1 Å². The molecule has 0 spiro atoms. The molecule has 2 heterocycles. The molecule has 140 valence electrons. The molecule has 8 heteroatoms. The number of morpholine rings is 1. The molecule has 8 nitrogen and oxygen atoms in total. The summed E-state index contributed by atoms with van der Waals surface area (Å²) >= 11 is 0. The molecular weight excluding hydrogens is 334 g/mol. The summed E-state index contributed by atoms with van der Waals surface area (Å²) in [6.07, 6.45) is -0.0362. The summed E-state index contributed by atoms with van der Waals surface area (Å²) in [5, 5.41) is 11.1. The second-order valence-electron chi connectivity index (χ2n) is 7.02. The Labute approximate surface area is 152 Å². The largest absolute Gasteiger partial charge is 0.374 e. The van der Waals surface area contributed by atoms with E-state index in [1.165, 1.54) is 0 Å². The first-order valence-electron chi connectivity index (χ1n) is 8.96. The Bertz CT molecular complexity index is 820. The number of nitrogens with zero attached hydrogens (tertiary/aromatic N) is 4. The van der Waals surface area contributed by atoms with Gasteiger partial charge in [0.05, 0.1) is 18.1 Å². The lowest BCUT2D eigenvalue weighted by molar-refractivity contribution is -0.123.